The summed E-state index contributed by atoms with van der Waals surface area (Å²) < 4.78 is 5.25. The number of amides is 1. The quantitative estimate of drug-likeness (QED) is 0.690. The molecule has 6 heteroatoms. The number of fused-ring (bicyclic) bond motifs is 1. The molecule has 0 atom stereocenters. The minimum absolute atomic E-state index is 0.0823. The van der Waals surface area contributed by atoms with Crippen molar-refractivity contribution >= 4 is 22.6 Å². The van der Waals surface area contributed by atoms with Crippen LogP contribution in [-0.4, -0.2) is 37.0 Å². The molecule has 1 N–H and O–H groups in total. The summed E-state index contributed by atoms with van der Waals surface area (Å²) in [6.45, 7) is 6.84. The summed E-state index contributed by atoms with van der Waals surface area (Å²) in [5.74, 6) is 1.12. The molecular formula is C22H23N4O2+. The number of aryl methyl sites for hydroxylation is 2. The number of nitriles is 1. The van der Waals surface area contributed by atoms with Crippen molar-refractivity contribution in [2.24, 2.45) is 0 Å². The third kappa shape index (κ3) is 3.31. The molecule has 1 fully saturated rings. The van der Waals surface area contributed by atoms with Gasteiger partial charge in [-0.15, -0.1) is 0 Å². The first-order valence-corrected chi connectivity index (χ1v) is 9.52. The lowest BCUT2D eigenvalue weighted by molar-refractivity contribution is -0.331. The van der Waals surface area contributed by atoms with Gasteiger partial charge in [0, 0.05) is 18.4 Å². The fourth-order valence-electron chi connectivity index (χ4n) is 3.93. The molecule has 0 unspecified atom stereocenters. The number of H-pyrrole nitrogens is 1. The number of nitrogens with zero attached hydrogens (tertiary/aromatic N) is 3. The fraction of sp³-hybridized carbons (Fsp3) is 0.318. The van der Waals surface area contributed by atoms with E-state index < -0.39 is 0 Å². The van der Waals surface area contributed by atoms with Gasteiger partial charge in [0.1, 0.15) is 23.7 Å². The number of furan rings is 1. The molecule has 0 aliphatic carbocycles. The second kappa shape index (κ2) is 7.35. The molecule has 28 heavy (non-hydrogen) atoms. The van der Waals surface area contributed by atoms with Gasteiger partial charge >= 0.3 is 0 Å². The van der Waals surface area contributed by atoms with Crippen LogP contribution in [0.4, 0.5) is 5.82 Å². The molecule has 1 aliphatic rings. The van der Waals surface area contributed by atoms with Gasteiger partial charge in [-0.25, -0.2) is 4.98 Å². The van der Waals surface area contributed by atoms with Crippen LogP contribution in [0.3, 0.4) is 0 Å². The summed E-state index contributed by atoms with van der Waals surface area (Å²) in [6.07, 6.45) is 2.35. The number of hydrogen-bond donors (Lipinski definition) is 0. The Morgan fingerprint density at radius 3 is 2.79 bits per heavy atom. The van der Waals surface area contributed by atoms with Gasteiger partial charge in [-0.1, -0.05) is 6.07 Å². The normalized spacial score (nSPS) is 14.8. The zero-order valence-corrected chi connectivity index (χ0v) is 16.2. The van der Waals surface area contributed by atoms with E-state index in [2.05, 4.69) is 41.9 Å². The highest BCUT2D eigenvalue weighted by molar-refractivity contribution is 5.91. The minimum Gasteiger partial charge on any atom is -0.459 e. The molecule has 0 saturated carbocycles. The first-order valence-electron chi connectivity index (χ1n) is 9.52. The number of rotatable bonds is 2. The first-order chi connectivity index (χ1) is 13.6. The van der Waals surface area contributed by atoms with E-state index in [1.54, 1.807) is 12.1 Å². The Morgan fingerprint density at radius 2 is 2.04 bits per heavy atom. The summed E-state index contributed by atoms with van der Waals surface area (Å²) in [5.41, 5.74) is 4.01. The van der Waals surface area contributed by atoms with E-state index in [1.165, 1.54) is 11.8 Å². The number of pyridine rings is 1. The molecule has 1 aromatic carbocycles. The Morgan fingerprint density at radius 1 is 1.18 bits per heavy atom. The van der Waals surface area contributed by atoms with Crippen LogP contribution in [0.15, 0.2) is 41.0 Å². The molecule has 2 aromatic heterocycles. The van der Waals surface area contributed by atoms with Crippen molar-refractivity contribution in [1.29, 1.82) is 5.26 Å². The van der Waals surface area contributed by atoms with Crippen molar-refractivity contribution in [1.82, 2.24) is 4.90 Å². The van der Waals surface area contributed by atoms with Crippen LogP contribution >= 0.6 is 0 Å². The molecule has 1 aliphatic heterocycles. The van der Waals surface area contributed by atoms with Gasteiger partial charge in [-0.05, 0) is 49.2 Å². The minimum atomic E-state index is -0.0823. The van der Waals surface area contributed by atoms with Crippen molar-refractivity contribution < 1.29 is 14.2 Å². The van der Waals surface area contributed by atoms with Crippen LogP contribution < -0.4 is 9.88 Å². The largest absolute Gasteiger partial charge is 0.459 e. The number of nitrogens with one attached hydrogen (secondary N) is 1. The zero-order chi connectivity index (χ0) is 19.7. The predicted molar refractivity (Wildman–Crippen MR) is 106 cm³/mol. The summed E-state index contributed by atoms with van der Waals surface area (Å²) in [7, 11) is 0. The van der Waals surface area contributed by atoms with Crippen molar-refractivity contribution in [2.45, 2.75) is 20.3 Å². The van der Waals surface area contributed by atoms with E-state index in [9.17, 15) is 10.1 Å². The van der Waals surface area contributed by atoms with E-state index in [1.807, 2.05) is 11.0 Å². The summed E-state index contributed by atoms with van der Waals surface area (Å²) in [6, 6.07) is 11.9. The average Bonchev–Trinajstić information content (AvgIpc) is 3.11. The summed E-state index contributed by atoms with van der Waals surface area (Å²) in [5, 5.41) is 10.8. The monoisotopic (exact) mass is 375 g/mol. The molecule has 3 heterocycles. The number of hydrogen-bond acceptors (Lipinski definition) is 4. The Hall–Kier alpha value is -3.33. The highest BCUT2D eigenvalue weighted by atomic mass is 16.3. The van der Waals surface area contributed by atoms with Crippen LogP contribution in [-0.2, 0) is 0 Å². The van der Waals surface area contributed by atoms with Gasteiger partial charge in [0.25, 0.3) is 11.7 Å². The number of aromatic nitrogens is 1. The molecule has 1 amide bonds. The predicted octanol–water partition coefficient (Wildman–Crippen LogP) is 3.09. The van der Waals surface area contributed by atoms with Crippen molar-refractivity contribution in [3.05, 3.63) is 59.0 Å². The van der Waals surface area contributed by atoms with Crippen molar-refractivity contribution in [3.63, 3.8) is 0 Å². The molecule has 0 bridgehead atoms. The number of anilines is 1. The highest BCUT2D eigenvalue weighted by Gasteiger charge is 2.28. The van der Waals surface area contributed by atoms with Gasteiger partial charge in [-0.2, -0.15) is 5.26 Å². The summed E-state index contributed by atoms with van der Waals surface area (Å²) in [4.78, 5) is 20.1. The summed E-state index contributed by atoms with van der Waals surface area (Å²) >= 11 is 0. The second-order valence-electron chi connectivity index (χ2n) is 7.30. The van der Waals surface area contributed by atoms with Crippen LogP contribution in [0.1, 0.15) is 33.7 Å². The van der Waals surface area contributed by atoms with Gasteiger partial charge in [0.2, 0.25) is 0 Å². The lowest BCUT2D eigenvalue weighted by Gasteiger charge is -2.19. The van der Waals surface area contributed by atoms with Crippen LogP contribution in [0.2, 0.25) is 0 Å². The molecule has 0 spiro atoms. The maximum atomic E-state index is 12.6. The van der Waals surface area contributed by atoms with Gasteiger partial charge < -0.3 is 9.32 Å². The van der Waals surface area contributed by atoms with Crippen LogP contribution in [0.5, 0.6) is 0 Å². The van der Waals surface area contributed by atoms with E-state index in [0.717, 1.165) is 35.2 Å². The molecule has 142 valence electrons. The fourth-order valence-corrected chi connectivity index (χ4v) is 3.93. The van der Waals surface area contributed by atoms with E-state index in [-0.39, 0.29) is 5.91 Å². The molecule has 4 rings (SSSR count). The zero-order valence-electron chi connectivity index (χ0n) is 16.2. The van der Waals surface area contributed by atoms with Gasteiger partial charge in [0.05, 0.1) is 19.4 Å². The lowest BCUT2D eigenvalue weighted by Crippen LogP contribution is -2.37. The van der Waals surface area contributed by atoms with E-state index >= 15 is 0 Å². The van der Waals surface area contributed by atoms with Crippen molar-refractivity contribution in [3.8, 4) is 6.07 Å². The maximum Gasteiger partial charge on any atom is 0.293 e. The molecular weight excluding hydrogens is 352 g/mol. The number of benzene rings is 1. The number of carbonyl (C=O) groups excluding carboxylic acids is 1. The molecule has 6 nitrogen and oxygen atoms in total. The Labute approximate surface area is 164 Å². The molecule has 1 saturated heterocycles. The maximum absolute atomic E-state index is 12.6. The first kappa shape index (κ1) is 18.1. The Balaban J connectivity index is 1.63. The lowest BCUT2D eigenvalue weighted by atomic mass is 10.0. The second-order valence-corrected chi connectivity index (χ2v) is 7.30. The van der Waals surface area contributed by atoms with Crippen LogP contribution in [0, 0.1) is 25.2 Å². The molecule has 3 aromatic rings. The highest BCUT2D eigenvalue weighted by Crippen LogP contribution is 2.24. The van der Waals surface area contributed by atoms with Gasteiger partial charge in [-0.3, -0.25) is 9.69 Å². The standard InChI is InChI=1S/C22H22N4O2/c1-15-11-16(2)20-17(12-15)13-18(14-23)21(24-20)25-6-4-7-26(9-8-25)22(27)19-5-3-10-28-19/h3,5,10-13H,4,6-9H2,1-2H3/p+1. The number of aromatic amines is 1. The van der Waals surface area contributed by atoms with Crippen molar-refractivity contribution in [2.75, 3.05) is 31.1 Å². The van der Waals surface area contributed by atoms with E-state index in [0.29, 0.717) is 31.0 Å². The Kier molecular flexibility index (Phi) is 4.74. The third-order valence-corrected chi connectivity index (χ3v) is 5.26. The Bertz CT molecular complexity index is 1070. The van der Waals surface area contributed by atoms with Crippen LogP contribution in [0.25, 0.3) is 10.9 Å². The topological polar surface area (TPSA) is 74.6 Å². The molecule has 0 radical (unpaired) electrons. The smallest absolute Gasteiger partial charge is 0.293 e. The van der Waals surface area contributed by atoms with E-state index in [4.69, 9.17) is 4.42 Å². The SMILES string of the molecule is Cc1cc(C)c2[nH+]c(N3CCCN(C(=O)c4ccco4)CC3)c(C#N)cc2c1. The average molecular weight is 375 g/mol. The number of carbonyl (C=O) groups is 1. The third-order valence-electron chi connectivity index (χ3n) is 5.26. The van der Waals surface area contributed by atoms with Gasteiger partial charge in [0.15, 0.2) is 5.76 Å².